The Kier molecular flexibility index (Phi) is 4.48. The summed E-state index contributed by atoms with van der Waals surface area (Å²) in [6.45, 7) is 1.70. The number of carbonyl (C=O) groups is 1. The number of nitrogens with one attached hydrogen (secondary N) is 1. The van der Waals surface area contributed by atoms with Crippen LogP contribution in [0.3, 0.4) is 0 Å². The van der Waals surface area contributed by atoms with Crippen LogP contribution in [0.15, 0.2) is 24.3 Å². The maximum absolute atomic E-state index is 11.7. The van der Waals surface area contributed by atoms with E-state index in [1.807, 2.05) is 12.1 Å². The minimum Gasteiger partial charge on any atom is -0.480 e. The Hall–Kier alpha value is -1.06. The molecule has 2 rings (SSSR count). The smallest absolute Gasteiger partial charge is 0.328 e. The largest absolute Gasteiger partial charge is 0.480 e. The molecule has 1 atom stereocenters. The topological polar surface area (TPSA) is 49.3 Å². The molecule has 104 valence electrons. The first-order chi connectivity index (χ1) is 9.04. The molecule has 0 aromatic heterocycles. The SMILES string of the molecule is CC(NC1CCCCC1)(C(=O)O)c1ccccc1Cl. The third-order valence-electron chi connectivity index (χ3n) is 3.94. The molecule has 1 fully saturated rings. The van der Waals surface area contributed by atoms with Crippen LogP contribution in [0.1, 0.15) is 44.6 Å². The number of aliphatic carboxylic acids is 1. The second kappa shape index (κ2) is 5.93. The molecule has 2 N–H and O–H groups in total. The average molecular weight is 282 g/mol. The molecule has 0 aliphatic heterocycles. The molecule has 0 bridgehead atoms. The van der Waals surface area contributed by atoms with Crippen LogP contribution in [0.5, 0.6) is 0 Å². The van der Waals surface area contributed by atoms with Gasteiger partial charge in [-0.25, -0.2) is 4.79 Å². The van der Waals surface area contributed by atoms with Crippen molar-refractivity contribution in [2.45, 2.75) is 50.6 Å². The number of rotatable bonds is 4. The molecule has 0 radical (unpaired) electrons. The highest BCUT2D eigenvalue weighted by atomic mass is 35.5. The summed E-state index contributed by atoms with van der Waals surface area (Å²) >= 11 is 6.17. The quantitative estimate of drug-likeness (QED) is 0.887. The number of carboxylic acid groups (broad SMARTS) is 1. The maximum Gasteiger partial charge on any atom is 0.328 e. The van der Waals surface area contributed by atoms with Gasteiger partial charge in [0.1, 0.15) is 5.54 Å². The Morgan fingerprint density at radius 2 is 1.95 bits per heavy atom. The van der Waals surface area contributed by atoms with Gasteiger partial charge in [0.15, 0.2) is 0 Å². The maximum atomic E-state index is 11.7. The molecule has 3 nitrogen and oxygen atoms in total. The van der Waals surface area contributed by atoms with Gasteiger partial charge in [0.2, 0.25) is 0 Å². The Labute approximate surface area is 119 Å². The lowest BCUT2D eigenvalue weighted by atomic mass is 9.87. The molecule has 19 heavy (non-hydrogen) atoms. The molecule has 1 saturated carbocycles. The highest BCUT2D eigenvalue weighted by molar-refractivity contribution is 6.31. The van der Waals surface area contributed by atoms with Crippen LogP contribution in [-0.4, -0.2) is 17.1 Å². The van der Waals surface area contributed by atoms with E-state index in [1.165, 1.54) is 6.42 Å². The molecule has 1 aliphatic rings. The molecule has 0 heterocycles. The first-order valence-electron chi connectivity index (χ1n) is 6.80. The van der Waals surface area contributed by atoms with Gasteiger partial charge in [-0.2, -0.15) is 0 Å². The van der Waals surface area contributed by atoms with E-state index in [-0.39, 0.29) is 6.04 Å². The van der Waals surface area contributed by atoms with Crippen molar-refractivity contribution in [2.75, 3.05) is 0 Å². The van der Waals surface area contributed by atoms with E-state index in [9.17, 15) is 9.90 Å². The fourth-order valence-electron chi connectivity index (χ4n) is 2.78. The van der Waals surface area contributed by atoms with Gasteiger partial charge < -0.3 is 5.11 Å². The second-order valence-electron chi connectivity index (χ2n) is 5.39. The average Bonchev–Trinajstić information content (AvgIpc) is 2.40. The first kappa shape index (κ1) is 14.4. The summed E-state index contributed by atoms with van der Waals surface area (Å²) in [4.78, 5) is 11.7. The van der Waals surface area contributed by atoms with Gasteiger partial charge in [-0.3, -0.25) is 5.32 Å². The van der Waals surface area contributed by atoms with Crippen molar-refractivity contribution in [3.63, 3.8) is 0 Å². The minimum absolute atomic E-state index is 0.256. The zero-order valence-electron chi connectivity index (χ0n) is 11.2. The van der Waals surface area contributed by atoms with Crippen molar-refractivity contribution in [1.29, 1.82) is 0 Å². The van der Waals surface area contributed by atoms with Gasteiger partial charge in [0, 0.05) is 16.6 Å². The van der Waals surface area contributed by atoms with Gasteiger partial charge >= 0.3 is 5.97 Å². The van der Waals surface area contributed by atoms with Crippen LogP contribution in [0.25, 0.3) is 0 Å². The van der Waals surface area contributed by atoms with Gasteiger partial charge in [-0.15, -0.1) is 0 Å². The molecule has 1 aromatic rings. The fraction of sp³-hybridized carbons (Fsp3) is 0.533. The minimum atomic E-state index is -1.12. The van der Waals surface area contributed by atoms with E-state index in [4.69, 9.17) is 11.6 Å². The van der Waals surface area contributed by atoms with Gasteiger partial charge in [-0.1, -0.05) is 49.1 Å². The molecule has 1 unspecified atom stereocenters. The van der Waals surface area contributed by atoms with Crippen LogP contribution < -0.4 is 5.32 Å². The van der Waals surface area contributed by atoms with Crippen molar-refractivity contribution in [3.05, 3.63) is 34.9 Å². The van der Waals surface area contributed by atoms with Crippen molar-refractivity contribution in [2.24, 2.45) is 0 Å². The fourth-order valence-corrected chi connectivity index (χ4v) is 3.10. The summed E-state index contributed by atoms with van der Waals surface area (Å²) in [5.74, 6) is -0.883. The first-order valence-corrected chi connectivity index (χ1v) is 7.18. The summed E-state index contributed by atoms with van der Waals surface area (Å²) in [6, 6.07) is 7.41. The summed E-state index contributed by atoms with van der Waals surface area (Å²) in [5, 5.41) is 13.4. The monoisotopic (exact) mass is 281 g/mol. The van der Waals surface area contributed by atoms with Gasteiger partial charge in [-0.05, 0) is 25.8 Å². The lowest BCUT2D eigenvalue weighted by Gasteiger charge is -2.34. The predicted molar refractivity (Wildman–Crippen MR) is 76.4 cm³/mol. The van der Waals surface area contributed by atoms with E-state index in [1.54, 1.807) is 19.1 Å². The number of benzene rings is 1. The second-order valence-corrected chi connectivity index (χ2v) is 5.80. The lowest BCUT2D eigenvalue weighted by Crippen LogP contribution is -2.52. The van der Waals surface area contributed by atoms with E-state index >= 15 is 0 Å². The Balaban J connectivity index is 2.27. The summed E-state index contributed by atoms with van der Waals surface area (Å²) in [5.41, 5.74) is -0.491. The molecule has 0 amide bonds. The van der Waals surface area contributed by atoms with Gasteiger partial charge in [0.25, 0.3) is 0 Å². The van der Waals surface area contributed by atoms with Crippen molar-refractivity contribution < 1.29 is 9.90 Å². The molecule has 1 aliphatic carbocycles. The van der Waals surface area contributed by atoms with Crippen LogP contribution in [0.4, 0.5) is 0 Å². The van der Waals surface area contributed by atoms with E-state index < -0.39 is 11.5 Å². The Bertz CT molecular complexity index is 457. The molecule has 0 spiro atoms. The molecular weight excluding hydrogens is 262 g/mol. The predicted octanol–water partition coefficient (Wildman–Crippen LogP) is 3.56. The number of halogens is 1. The lowest BCUT2D eigenvalue weighted by molar-refractivity contribution is -0.145. The summed E-state index contributed by atoms with van der Waals surface area (Å²) in [7, 11) is 0. The highest BCUT2D eigenvalue weighted by Gasteiger charge is 2.38. The van der Waals surface area contributed by atoms with E-state index in [0.717, 1.165) is 25.7 Å². The van der Waals surface area contributed by atoms with Crippen molar-refractivity contribution in [3.8, 4) is 0 Å². The number of hydrogen-bond acceptors (Lipinski definition) is 2. The summed E-state index contributed by atoms with van der Waals surface area (Å²) in [6.07, 6.45) is 5.64. The van der Waals surface area contributed by atoms with Gasteiger partial charge in [0.05, 0.1) is 0 Å². The van der Waals surface area contributed by atoms with E-state index in [0.29, 0.717) is 10.6 Å². The third-order valence-corrected chi connectivity index (χ3v) is 4.27. The molecule has 4 heteroatoms. The van der Waals surface area contributed by atoms with Crippen LogP contribution in [0, 0.1) is 0 Å². The molecular formula is C15H20ClNO2. The molecule has 0 saturated heterocycles. The normalized spacial score (nSPS) is 19.9. The number of carboxylic acids is 1. The Morgan fingerprint density at radius 1 is 1.32 bits per heavy atom. The zero-order valence-corrected chi connectivity index (χ0v) is 11.9. The highest BCUT2D eigenvalue weighted by Crippen LogP contribution is 2.30. The van der Waals surface area contributed by atoms with Crippen molar-refractivity contribution in [1.82, 2.24) is 5.32 Å². The van der Waals surface area contributed by atoms with Crippen molar-refractivity contribution >= 4 is 17.6 Å². The van der Waals surface area contributed by atoms with Crippen LogP contribution in [-0.2, 0) is 10.3 Å². The standard InChI is InChI=1S/C15H20ClNO2/c1-15(14(18)19,12-9-5-6-10-13(12)16)17-11-7-3-2-4-8-11/h5-6,9-11,17H,2-4,7-8H2,1H3,(H,18,19). The van der Waals surface area contributed by atoms with E-state index in [2.05, 4.69) is 5.32 Å². The zero-order chi connectivity index (χ0) is 13.9. The summed E-state index contributed by atoms with van der Waals surface area (Å²) < 4.78 is 0. The van der Waals surface area contributed by atoms with Crippen LogP contribution in [0.2, 0.25) is 5.02 Å². The van der Waals surface area contributed by atoms with Crippen LogP contribution >= 0.6 is 11.6 Å². The third kappa shape index (κ3) is 3.10. The molecule has 1 aromatic carbocycles. The Morgan fingerprint density at radius 3 is 2.53 bits per heavy atom. The number of hydrogen-bond donors (Lipinski definition) is 2.